The SMILES string of the molecule is CC(C)CNC(=O)c1ccc(-c2cccc(C(N)=O)n2)c(Cl)c1. The van der Waals surface area contributed by atoms with E-state index in [4.69, 9.17) is 17.3 Å². The first kappa shape index (κ1) is 17.0. The van der Waals surface area contributed by atoms with Crippen LogP contribution in [0.2, 0.25) is 5.02 Å². The highest BCUT2D eigenvalue weighted by atomic mass is 35.5. The van der Waals surface area contributed by atoms with Crippen LogP contribution in [-0.2, 0) is 0 Å². The van der Waals surface area contributed by atoms with Crippen LogP contribution in [0.1, 0.15) is 34.7 Å². The molecule has 1 heterocycles. The van der Waals surface area contributed by atoms with E-state index in [1.54, 1.807) is 30.3 Å². The fourth-order valence-electron chi connectivity index (χ4n) is 1.98. The van der Waals surface area contributed by atoms with Crippen molar-refractivity contribution in [2.24, 2.45) is 11.7 Å². The minimum atomic E-state index is -0.604. The molecular weight excluding hydrogens is 314 g/mol. The van der Waals surface area contributed by atoms with E-state index < -0.39 is 5.91 Å². The average Bonchev–Trinajstić information content (AvgIpc) is 2.52. The lowest BCUT2D eigenvalue weighted by atomic mass is 10.1. The second-order valence-corrected chi connectivity index (χ2v) is 5.98. The maximum absolute atomic E-state index is 12.0. The number of aromatic nitrogens is 1. The Bertz CT molecular complexity index is 744. The Labute approximate surface area is 139 Å². The molecule has 0 fully saturated rings. The predicted molar refractivity (Wildman–Crippen MR) is 90.4 cm³/mol. The van der Waals surface area contributed by atoms with E-state index in [2.05, 4.69) is 10.3 Å². The highest BCUT2D eigenvalue weighted by Gasteiger charge is 2.12. The van der Waals surface area contributed by atoms with Crippen molar-refractivity contribution in [1.29, 1.82) is 0 Å². The van der Waals surface area contributed by atoms with Crippen LogP contribution in [0.5, 0.6) is 0 Å². The molecule has 120 valence electrons. The fourth-order valence-corrected chi connectivity index (χ4v) is 2.26. The summed E-state index contributed by atoms with van der Waals surface area (Å²) in [6, 6.07) is 9.92. The Morgan fingerprint density at radius 1 is 1.26 bits per heavy atom. The molecular formula is C17H18ClN3O2. The molecule has 0 aliphatic heterocycles. The van der Waals surface area contributed by atoms with Gasteiger partial charge in [-0.3, -0.25) is 9.59 Å². The highest BCUT2D eigenvalue weighted by Crippen LogP contribution is 2.27. The van der Waals surface area contributed by atoms with Crippen molar-refractivity contribution in [2.45, 2.75) is 13.8 Å². The van der Waals surface area contributed by atoms with Gasteiger partial charge >= 0.3 is 0 Å². The number of nitrogens with one attached hydrogen (secondary N) is 1. The van der Waals surface area contributed by atoms with Crippen molar-refractivity contribution in [3.63, 3.8) is 0 Å². The molecule has 6 heteroatoms. The van der Waals surface area contributed by atoms with Gasteiger partial charge in [0.05, 0.1) is 10.7 Å². The number of carbonyl (C=O) groups is 2. The molecule has 1 aromatic carbocycles. The van der Waals surface area contributed by atoms with Gasteiger partial charge in [0.15, 0.2) is 0 Å². The summed E-state index contributed by atoms with van der Waals surface area (Å²) in [7, 11) is 0. The number of primary amides is 1. The molecule has 2 aromatic rings. The topological polar surface area (TPSA) is 85.1 Å². The number of amides is 2. The first-order valence-electron chi connectivity index (χ1n) is 7.23. The number of rotatable bonds is 5. The highest BCUT2D eigenvalue weighted by molar-refractivity contribution is 6.33. The Hall–Kier alpha value is -2.40. The van der Waals surface area contributed by atoms with E-state index in [1.807, 2.05) is 13.8 Å². The average molecular weight is 332 g/mol. The number of hydrogen-bond acceptors (Lipinski definition) is 3. The third-order valence-corrected chi connectivity index (χ3v) is 3.49. The summed E-state index contributed by atoms with van der Waals surface area (Å²) in [6.07, 6.45) is 0. The predicted octanol–water partition coefficient (Wildman–Crippen LogP) is 2.89. The third kappa shape index (κ3) is 4.29. The van der Waals surface area contributed by atoms with E-state index in [0.717, 1.165) is 0 Å². The molecule has 0 bridgehead atoms. The number of carbonyl (C=O) groups excluding carboxylic acids is 2. The molecule has 0 unspecified atom stereocenters. The molecule has 1 aromatic heterocycles. The molecule has 0 spiro atoms. The first-order valence-corrected chi connectivity index (χ1v) is 7.61. The van der Waals surface area contributed by atoms with Crippen LogP contribution >= 0.6 is 11.6 Å². The molecule has 0 saturated carbocycles. The van der Waals surface area contributed by atoms with Gasteiger partial charge in [0, 0.05) is 17.7 Å². The Balaban J connectivity index is 2.27. The van der Waals surface area contributed by atoms with Crippen LogP contribution in [0.4, 0.5) is 0 Å². The third-order valence-electron chi connectivity index (χ3n) is 3.18. The van der Waals surface area contributed by atoms with Crippen molar-refractivity contribution in [3.8, 4) is 11.3 Å². The number of pyridine rings is 1. The minimum absolute atomic E-state index is 0.164. The van der Waals surface area contributed by atoms with Gasteiger partial charge in [0.25, 0.3) is 11.8 Å². The lowest BCUT2D eigenvalue weighted by molar-refractivity contribution is 0.0947. The summed E-state index contributed by atoms with van der Waals surface area (Å²) < 4.78 is 0. The molecule has 3 N–H and O–H groups in total. The number of hydrogen-bond donors (Lipinski definition) is 2. The van der Waals surface area contributed by atoms with Gasteiger partial charge in [-0.05, 0) is 30.2 Å². The Morgan fingerprint density at radius 2 is 2.00 bits per heavy atom. The zero-order chi connectivity index (χ0) is 17.0. The van der Waals surface area contributed by atoms with E-state index >= 15 is 0 Å². The molecule has 0 aliphatic carbocycles. The molecule has 23 heavy (non-hydrogen) atoms. The van der Waals surface area contributed by atoms with Crippen LogP contribution < -0.4 is 11.1 Å². The van der Waals surface area contributed by atoms with Crippen molar-refractivity contribution < 1.29 is 9.59 Å². The summed E-state index contributed by atoms with van der Waals surface area (Å²) in [5, 5.41) is 3.22. The zero-order valence-electron chi connectivity index (χ0n) is 13.0. The molecule has 0 radical (unpaired) electrons. The minimum Gasteiger partial charge on any atom is -0.364 e. The number of halogens is 1. The van der Waals surface area contributed by atoms with E-state index in [0.29, 0.717) is 34.3 Å². The largest absolute Gasteiger partial charge is 0.364 e. The monoisotopic (exact) mass is 331 g/mol. The maximum Gasteiger partial charge on any atom is 0.267 e. The van der Waals surface area contributed by atoms with Crippen LogP contribution in [0.25, 0.3) is 11.3 Å². The smallest absolute Gasteiger partial charge is 0.267 e. The van der Waals surface area contributed by atoms with Crippen LogP contribution in [0.15, 0.2) is 36.4 Å². The van der Waals surface area contributed by atoms with Crippen molar-refractivity contribution in [1.82, 2.24) is 10.3 Å². The number of benzene rings is 1. The molecule has 5 nitrogen and oxygen atoms in total. The second-order valence-electron chi connectivity index (χ2n) is 5.57. The van der Waals surface area contributed by atoms with Crippen LogP contribution in [-0.4, -0.2) is 23.3 Å². The summed E-state index contributed by atoms with van der Waals surface area (Å²) >= 11 is 6.27. The first-order chi connectivity index (χ1) is 10.9. The standard InChI is InChI=1S/C17H18ClN3O2/c1-10(2)9-20-17(23)11-6-7-12(13(18)8-11)14-4-3-5-15(21-14)16(19)22/h3-8,10H,9H2,1-2H3,(H2,19,22)(H,20,23). The van der Waals surface area contributed by atoms with Gasteiger partial charge in [-0.2, -0.15) is 0 Å². The van der Waals surface area contributed by atoms with Gasteiger partial charge in [0.2, 0.25) is 0 Å². The van der Waals surface area contributed by atoms with Crippen molar-refractivity contribution >= 4 is 23.4 Å². The quantitative estimate of drug-likeness (QED) is 0.883. The zero-order valence-corrected chi connectivity index (χ0v) is 13.7. The van der Waals surface area contributed by atoms with Crippen LogP contribution in [0, 0.1) is 5.92 Å². The maximum atomic E-state index is 12.0. The van der Waals surface area contributed by atoms with E-state index in [-0.39, 0.29) is 11.6 Å². The van der Waals surface area contributed by atoms with E-state index in [1.165, 1.54) is 6.07 Å². The summed E-state index contributed by atoms with van der Waals surface area (Å²) in [4.78, 5) is 27.4. The fraction of sp³-hybridized carbons (Fsp3) is 0.235. The molecule has 2 rings (SSSR count). The number of nitrogens with two attached hydrogens (primary N) is 1. The van der Waals surface area contributed by atoms with Gasteiger partial charge < -0.3 is 11.1 Å². The van der Waals surface area contributed by atoms with Crippen LogP contribution in [0.3, 0.4) is 0 Å². The number of nitrogens with zero attached hydrogens (tertiary/aromatic N) is 1. The molecule has 0 saturated heterocycles. The molecule has 0 aliphatic rings. The van der Waals surface area contributed by atoms with Crippen molar-refractivity contribution in [2.75, 3.05) is 6.54 Å². The van der Waals surface area contributed by atoms with Gasteiger partial charge in [-0.25, -0.2) is 4.98 Å². The molecule has 0 atom stereocenters. The van der Waals surface area contributed by atoms with Crippen molar-refractivity contribution in [3.05, 3.63) is 52.7 Å². The van der Waals surface area contributed by atoms with Gasteiger partial charge in [-0.1, -0.05) is 37.6 Å². The lowest BCUT2D eigenvalue weighted by Crippen LogP contribution is -2.27. The molecule has 2 amide bonds. The Kier molecular flexibility index (Phi) is 5.34. The Morgan fingerprint density at radius 3 is 2.61 bits per heavy atom. The summed E-state index contributed by atoms with van der Waals surface area (Å²) in [5.74, 6) is -0.409. The normalized spacial score (nSPS) is 10.6. The van der Waals surface area contributed by atoms with Gasteiger partial charge in [-0.15, -0.1) is 0 Å². The van der Waals surface area contributed by atoms with E-state index in [9.17, 15) is 9.59 Å². The second kappa shape index (κ2) is 7.24. The summed E-state index contributed by atoms with van der Waals surface area (Å²) in [6.45, 7) is 4.64. The summed E-state index contributed by atoms with van der Waals surface area (Å²) in [5.41, 5.74) is 7.04. The lowest BCUT2D eigenvalue weighted by Gasteiger charge is -2.10. The van der Waals surface area contributed by atoms with Gasteiger partial charge in [0.1, 0.15) is 5.69 Å².